The van der Waals surface area contributed by atoms with E-state index in [1.807, 2.05) is 48.5 Å². The van der Waals surface area contributed by atoms with Crippen LogP contribution in [-0.2, 0) is 5.41 Å². The molecule has 1 spiro atoms. The standard InChI is InChI=1S/C39H24N4/c1-2-12-25(13-3-1)36-41-37(43-38(42-36)35-20-10-11-23-40-35)26-21-22-30-29-16-6-9-19-33(29)39(34(30)24-26)31-17-7-4-14-27(31)28-15-5-8-18-32(28)39/h1-24H. The van der Waals surface area contributed by atoms with E-state index in [2.05, 4.69) is 96.0 Å². The van der Waals surface area contributed by atoms with Crippen molar-refractivity contribution >= 4 is 0 Å². The molecule has 0 radical (unpaired) electrons. The highest BCUT2D eigenvalue weighted by atomic mass is 15.0. The van der Waals surface area contributed by atoms with Crippen molar-refractivity contribution in [3.8, 4) is 56.5 Å². The Morgan fingerprint density at radius 3 is 1.49 bits per heavy atom. The highest BCUT2D eigenvalue weighted by Crippen LogP contribution is 2.62. The van der Waals surface area contributed by atoms with Crippen LogP contribution in [-0.4, -0.2) is 19.9 Å². The minimum atomic E-state index is -0.422. The van der Waals surface area contributed by atoms with Gasteiger partial charge in [0, 0.05) is 17.3 Å². The molecule has 2 heterocycles. The lowest BCUT2D eigenvalue weighted by atomic mass is 9.70. The molecule has 0 unspecified atom stereocenters. The van der Waals surface area contributed by atoms with Crippen molar-refractivity contribution in [1.82, 2.24) is 19.9 Å². The molecule has 0 N–H and O–H groups in total. The van der Waals surface area contributed by atoms with Crippen LogP contribution >= 0.6 is 0 Å². The molecule has 43 heavy (non-hydrogen) atoms. The Morgan fingerprint density at radius 1 is 0.372 bits per heavy atom. The van der Waals surface area contributed by atoms with Crippen molar-refractivity contribution in [2.24, 2.45) is 0 Å². The number of pyridine rings is 1. The van der Waals surface area contributed by atoms with Crippen LogP contribution in [0.15, 0.2) is 146 Å². The van der Waals surface area contributed by atoms with E-state index in [0.717, 1.165) is 11.1 Å². The van der Waals surface area contributed by atoms with Crippen molar-refractivity contribution < 1.29 is 0 Å². The molecule has 7 aromatic rings. The first-order valence-electron chi connectivity index (χ1n) is 14.5. The summed E-state index contributed by atoms with van der Waals surface area (Å²) in [5.41, 5.74) is 12.5. The maximum atomic E-state index is 5.03. The lowest BCUT2D eigenvalue weighted by Gasteiger charge is -2.30. The Hall–Kier alpha value is -5.74. The van der Waals surface area contributed by atoms with Crippen LogP contribution < -0.4 is 0 Å². The first-order chi connectivity index (χ1) is 21.3. The van der Waals surface area contributed by atoms with Gasteiger partial charge < -0.3 is 0 Å². The van der Waals surface area contributed by atoms with Crippen LogP contribution in [0.5, 0.6) is 0 Å². The van der Waals surface area contributed by atoms with Gasteiger partial charge in [0.15, 0.2) is 17.5 Å². The van der Waals surface area contributed by atoms with Crippen molar-refractivity contribution in [3.63, 3.8) is 0 Å². The minimum Gasteiger partial charge on any atom is -0.253 e. The number of rotatable bonds is 3. The van der Waals surface area contributed by atoms with E-state index in [1.54, 1.807) is 6.20 Å². The van der Waals surface area contributed by atoms with E-state index in [-0.39, 0.29) is 0 Å². The summed E-state index contributed by atoms with van der Waals surface area (Å²) in [5, 5.41) is 0. The SMILES string of the molecule is c1ccc(-c2nc(-c3ccc4c(c3)C3(c5ccccc5-c5ccccc53)c3ccccc3-4)nc(-c3ccccn3)n2)cc1. The zero-order chi connectivity index (χ0) is 28.4. The van der Waals surface area contributed by atoms with Gasteiger partial charge in [-0.2, -0.15) is 0 Å². The van der Waals surface area contributed by atoms with E-state index in [9.17, 15) is 0 Å². The fourth-order valence-electron chi connectivity index (χ4n) is 7.06. The Morgan fingerprint density at radius 2 is 0.884 bits per heavy atom. The second kappa shape index (κ2) is 9.13. The molecule has 2 aliphatic rings. The molecular weight excluding hydrogens is 524 g/mol. The van der Waals surface area contributed by atoms with Crippen molar-refractivity contribution in [2.75, 3.05) is 0 Å². The second-order valence-corrected chi connectivity index (χ2v) is 11.0. The molecule has 0 amide bonds. The fourth-order valence-corrected chi connectivity index (χ4v) is 7.06. The van der Waals surface area contributed by atoms with Gasteiger partial charge in [0.25, 0.3) is 0 Å². The minimum absolute atomic E-state index is 0.422. The summed E-state index contributed by atoms with van der Waals surface area (Å²) in [5.74, 6) is 1.81. The highest BCUT2D eigenvalue weighted by Gasteiger charge is 2.51. The van der Waals surface area contributed by atoms with Crippen LogP contribution in [0.1, 0.15) is 22.3 Å². The van der Waals surface area contributed by atoms with Crippen molar-refractivity contribution in [2.45, 2.75) is 5.41 Å². The number of hydrogen-bond acceptors (Lipinski definition) is 4. The molecule has 2 aromatic heterocycles. The second-order valence-electron chi connectivity index (χ2n) is 11.0. The van der Waals surface area contributed by atoms with E-state index >= 15 is 0 Å². The molecule has 2 aliphatic carbocycles. The third-order valence-electron chi connectivity index (χ3n) is 8.82. The summed E-state index contributed by atoms with van der Waals surface area (Å²) in [6.07, 6.45) is 1.77. The van der Waals surface area contributed by atoms with Crippen molar-refractivity contribution in [3.05, 3.63) is 168 Å². The predicted molar refractivity (Wildman–Crippen MR) is 170 cm³/mol. The summed E-state index contributed by atoms with van der Waals surface area (Å²) in [6.45, 7) is 0. The first-order valence-corrected chi connectivity index (χ1v) is 14.5. The van der Waals surface area contributed by atoms with E-state index < -0.39 is 5.41 Å². The molecule has 4 heteroatoms. The van der Waals surface area contributed by atoms with E-state index in [0.29, 0.717) is 23.2 Å². The molecule has 0 saturated carbocycles. The predicted octanol–water partition coefficient (Wildman–Crippen LogP) is 8.61. The zero-order valence-corrected chi connectivity index (χ0v) is 23.1. The fraction of sp³-hybridized carbons (Fsp3) is 0.0256. The van der Waals surface area contributed by atoms with Gasteiger partial charge in [-0.15, -0.1) is 0 Å². The van der Waals surface area contributed by atoms with Crippen LogP contribution in [0.25, 0.3) is 56.5 Å². The van der Waals surface area contributed by atoms with Crippen molar-refractivity contribution in [1.29, 1.82) is 0 Å². The Kier molecular flexibility index (Phi) is 5.08. The van der Waals surface area contributed by atoms with Crippen LogP contribution in [0.3, 0.4) is 0 Å². The number of nitrogens with zero attached hydrogens (tertiary/aromatic N) is 4. The Labute approximate surface area is 249 Å². The molecule has 0 saturated heterocycles. The number of benzene rings is 5. The number of aromatic nitrogens is 4. The molecule has 0 bridgehead atoms. The molecule has 0 atom stereocenters. The van der Waals surface area contributed by atoms with Crippen LogP contribution in [0, 0.1) is 0 Å². The maximum absolute atomic E-state index is 5.03. The lowest BCUT2D eigenvalue weighted by molar-refractivity contribution is 0.794. The molecule has 4 nitrogen and oxygen atoms in total. The maximum Gasteiger partial charge on any atom is 0.182 e. The van der Waals surface area contributed by atoms with Gasteiger partial charge in [0.2, 0.25) is 0 Å². The van der Waals surface area contributed by atoms with Gasteiger partial charge in [-0.3, -0.25) is 4.98 Å². The third-order valence-corrected chi connectivity index (χ3v) is 8.82. The molecule has 0 aliphatic heterocycles. The summed E-state index contributed by atoms with van der Waals surface area (Å²) in [4.78, 5) is 19.4. The summed E-state index contributed by atoms with van der Waals surface area (Å²) in [6, 6.07) is 49.1. The molecule has 200 valence electrons. The summed E-state index contributed by atoms with van der Waals surface area (Å²) in [7, 11) is 0. The summed E-state index contributed by atoms with van der Waals surface area (Å²) >= 11 is 0. The molecule has 9 rings (SSSR count). The van der Waals surface area contributed by atoms with E-state index in [4.69, 9.17) is 15.0 Å². The average Bonchev–Trinajstić information content (AvgIpc) is 3.56. The van der Waals surface area contributed by atoms with Gasteiger partial charge in [0.05, 0.1) is 5.41 Å². The third kappa shape index (κ3) is 3.38. The van der Waals surface area contributed by atoms with Crippen LogP contribution in [0.4, 0.5) is 0 Å². The lowest BCUT2D eigenvalue weighted by Crippen LogP contribution is -2.25. The molecule has 0 fully saturated rings. The number of hydrogen-bond donors (Lipinski definition) is 0. The average molecular weight is 549 g/mol. The normalized spacial score (nSPS) is 13.3. The smallest absolute Gasteiger partial charge is 0.182 e. The van der Waals surface area contributed by atoms with Crippen LogP contribution in [0.2, 0.25) is 0 Å². The largest absolute Gasteiger partial charge is 0.253 e. The zero-order valence-electron chi connectivity index (χ0n) is 23.1. The van der Waals surface area contributed by atoms with Gasteiger partial charge in [-0.05, 0) is 62.7 Å². The van der Waals surface area contributed by atoms with Gasteiger partial charge in [-0.1, -0.05) is 121 Å². The topological polar surface area (TPSA) is 51.6 Å². The van der Waals surface area contributed by atoms with Gasteiger partial charge >= 0.3 is 0 Å². The summed E-state index contributed by atoms with van der Waals surface area (Å²) < 4.78 is 0. The molecule has 5 aromatic carbocycles. The number of fused-ring (bicyclic) bond motifs is 10. The van der Waals surface area contributed by atoms with E-state index in [1.165, 1.54) is 44.5 Å². The monoisotopic (exact) mass is 548 g/mol. The van der Waals surface area contributed by atoms with Gasteiger partial charge in [-0.25, -0.2) is 15.0 Å². The van der Waals surface area contributed by atoms with Gasteiger partial charge in [0.1, 0.15) is 5.69 Å². The Bertz CT molecular complexity index is 2070. The Balaban J connectivity index is 1.32. The molecular formula is C39H24N4. The first kappa shape index (κ1) is 23.9. The quantitative estimate of drug-likeness (QED) is 0.222. The highest BCUT2D eigenvalue weighted by molar-refractivity contribution is 5.95.